The minimum Gasteiger partial charge on any atom is -0.493 e. The first-order valence-corrected chi connectivity index (χ1v) is 11.5. The van der Waals surface area contributed by atoms with Crippen LogP contribution in [0.1, 0.15) is 49.4 Å². The molecule has 1 fully saturated rings. The van der Waals surface area contributed by atoms with Crippen molar-refractivity contribution in [1.82, 2.24) is 10.2 Å². The van der Waals surface area contributed by atoms with E-state index in [1.54, 1.807) is 20.3 Å². The van der Waals surface area contributed by atoms with Gasteiger partial charge >= 0.3 is 6.18 Å². The monoisotopic (exact) mass is 478 g/mol. The molecule has 2 unspecified atom stereocenters. The van der Waals surface area contributed by atoms with Crippen molar-refractivity contribution in [2.75, 3.05) is 27.3 Å². The Hall–Kier alpha value is -2.74. The van der Waals surface area contributed by atoms with E-state index in [1.165, 1.54) is 6.07 Å². The number of benzene rings is 2. The Morgan fingerprint density at radius 3 is 2.47 bits per heavy atom. The Bertz CT molecular complexity index is 978. The highest BCUT2D eigenvalue weighted by molar-refractivity contribution is 5.79. The molecule has 0 spiro atoms. The van der Waals surface area contributed by atoms with Gasteiger partial charge in [0.2, 0.25) is 5.91 Å². The van der Waals surface area contributed by atoms with Crippen molar-refractivity contribution in [3.63, 3.8) is 0 Å². The first-order valence-electron chi connectivity index (χ1n) is 11.5. The van der Waals surface area contributed by atoms with Crippen LogP contribution in [-0.2, 0) is 17.5 Å². The van der Waals surface area contributed by atoms with E-state index in [-0.39, 0.29) is 24.4 Å². The Labute approximate surface area is 199 Å². The maximum Gasteiger partial charge on any atom is 0.416 e. The number of rotatable bonds is 8. The molecular weight excluding hydrogens is 445 g/mol. The number of piperidine rings is 1. The van der Waals surface area contributed by atoms with E-state index in [4.69, 9.17) is 9.47 Å². The summed E-state index contributed by atoms with van der Waals surface area (Å²) in [5.74, 6) is 1.40. The van der Waals surface area contributed by atoms with Gasteiger partial charge in [0.05, 0.1) is 25.7 Å². The fraction of sp³-hybridized carbons (Fsp3) is 0.500. The summed E-state index contributed by atoms with van der Waals surface area (Å²) in [6, 6.07) is 11.1. The number of methoxy groups -OCH3 is 2. The van der Waals surface area contributed by atoms with Gasteiger partial charge in [0.25, 0.3) is 0 Å². The average Bonchev–Trinajstić information content (AvgIpc) is 2.81. The van der Waals surface area contributed by atoms with Gasteiger partial charge in [-0.1, -0.05) is 32.0 Å². The predicted molar refractivity (Wildman–Crippen MR) is 125 cm³/mol. The zero-order valence-electron chi connectivity index (χ0n) is 20.1. The number of carbonyl (C=O) groups is 1. The molecule has 186 valence electrons. The van der Waals surface area contributed by atoms with Crippen LogP contribution in [0, 0.1) is 11.8 Å². The first kappa shape index (κ1) is 25.9. The number of carbonyl (C=O) groups excluding carboxylic acids is 1. The number of amides is 1. The standard InChI is InChI=1S/C26H33F3N2O3/c1-17(2)15-31-16-20(8-10-22(31)19-9-11-23(33-3)24(13-19)34-4)25(32)30-14-18-6-5-7-21(12-18)26(27,28)29/h5-7,9,11-13,17,20,22H,8,10,14-16H2,1-4H3,(H,30,32). The number of alkyl halides is 3. The van der Waals surface area contributed by atoms with Crippen LogP contribution in [-0.4, -0.2) is 38.1 Å². The molecule has 1 N–H and O–H groups in total. The molecule has 3 rings (SSSR count). The molecule has 0 radical (unpaired) electrons. The maximum absolute atomic E-state index is 13.0. The molecule has 5 nitrogen and oxygen atoms in total. The molecule has 8 heteroatoms. The Balaban J connectivity index is 1.69. The van der Waals surface area contributed by atoms with Gasteiger partial charge in [0.15, 0.2) is 11.5 Å². The first-order chi connectivity index (χ1) is 16.1. The largest absolute Gasteiger partial charge is 0.493 e. The van der Waals surface area contributed by atoms with Crippen LogP contribution in [0.4, 0.5) is 13.2 Å². The molecular formula is C26H33F3N2O3. The van der Waals surface area contributed by atoms with Crippen molar-refractivity contribution < 1.29 is 27.4 Å². The molecule has 2 aromatic carbocycles. The molecule has 1 heterocycles. The molecule has 0 aromatic heterocycles. The normalized spacial score (nSPS) is 19.2. The summed E-state index contributed by atoms with van der Waals surface area (Å²) in [7, 11) is 3.21. The van der Waals surface area contributed by atoms with E-state index in [2.05, 4.69) is 24.1 Å². The number of nitrogens with one attached hydrogen (secondary N) is 1. The summed E-state index contributed by atoms with van der Waals surface area (Å²) in [6.07, 6.45) is -2.91. The quantitative estimate of drug-likeness (QED) is 0.548. The van der Waals surface area contributed by atoms with Crippen LogP contribution in [0.15, 0.2) is 42.5 Å². The van der Waals surface area contributed by atoms with Crippen LogP contribution < -0.4 is 14.8 Å². The lowest BCUT2D eigenvalue weighted by Gasteiger charge is -2.40. The topological polar surface area (TPSA) is 50.8 Å². The zero-order valence-corrected chi connectivity index (χ0v) is 20.1. The summed E-state index contributed by atoms with van der Waals surface area (Å²) in [5, 5.41) is 2.84. The smallest absolute Gasteiger partial charge is 0.416 e. The van der Waals surface area contributed by atoms with E-state index in [9.17, 15) is 18.0 Å². The van der Waals surface area contributed by atoms with Crippen molar-refractivity contribution in [3.8, 4) is 11.5 Å². The summed E-state index contributed by atoms with van der Waals surface area (Å²) in [4.78, 5) is 15.2. The number of likely N-dealkylation sites (tertiary alicyclic amines) is 1. The van der Waals surface area contributed by atoms with Gasteiger partial charge in [-0.15, -0.1) is 0 Å². The fourth-order valence-electron chi connectivity index (χ4n) is 4.56. The molecule has 1 aliphatic rings. The number of hydrogen-bond donors (Lipinski definition) is 1. The summed E-state index contributed by atoms with van der Waals surface area (Å²) in [6.45, 7) is 5.77. The molecule has 34 heavy (non-hydrogen) atoms. The van der Waals surface area contributed by atoms with Gasteiger partial charge in [-0.2, -0.15) is 13.2 Å². The second-order valence-corrected chi connectivity index (χ2v) is 9.17. The second kappa shape index (κ2) is 11.1. The van der Waals surface area contributed by atoms with Gasteiger partial charge in [0.1, 0.15) is 0 Å². The molecule has 2 atom stereocenters. The van der Waals surface area contributed by atoms with Gasteiger partial charge < -0.3 is 14.8 Å². The van der Waals surface area contributed by atoms with Crippen molar-refractivity contribution in [2.45, 2.75) is 45.5 Å². The van der Waals surface area contributed by atoms with Crippen molar-refractivity contribution in [2.24, 2.45) is 11.8 Å². The van der Waals surface area contributed by atoms with Crippen LogP contribution >= 0.6 is 0 Å². The maximum atomic E-state index is 13.0. The highest BCUT2D eigenvalue weighted by atomic mass is 19.4. The fourth-order valence-corrected chi connectivity index (χ4v) is 4.56. The number of hydrogen-bond acceptors (Lipinski definition) is 4. The minimum atomic E-state index is -4.40. The van der Waals surface area contributed by atoms with Crippen LogP contribution in [0.25, 0.3) is 0 Å². The third-order valence-corrected chi connectivity index (χ3v) is 6.17. The highest BCUT2D eigenvalue weighted by Gasteiger charge is 2.34. The van der Waals surface area contributed by atoms with E-state index in [1.807, 2.05) is 18.2 Å². The van der Waals surface area contributed by atoms with Crippen LogP contribution in [0.2, 0.25) is 0 Å². The third kappa shape index (κ3) is 6.44. The summed E-state index contributed by atoms with van der Waals surface area (Å²) >= 11 is 0. The molecule has 0 bridgehead atoms. The Morgan fingerprint density at radius 1 is 1.09 bits per heavy atom. The molecule has 1 saturated heterocycles. The van der Waals surface area contributed by atoms with E-state index in [0.717, 1.165) is 30.7 Å². The lowest BCUT2D eigenvalue weighted by Crippen LogP contribution is -2.45. The second-order valence-electron chi connectivity index (χ2n) is 9.17. The highest BCUT2D eigenvalue weighted by Crippen LogP contribution is 2.38. The van der Waals surface area contributed by atoms with Gasteiger partial charge in [-0.3, -0.25) is 9.69 Å². The predicted octanol–water partition coefficient (Wildman–Crippen LogP) is 5.45. The SMILES string of the molecule is COc1ccc(C2CCC(C(=O)NCc3cccc(C(F)(F)F)c3)CN2CC(C)C)cc1OC. The molecule has 0 aliphatic carbocycles. The number of nitrogens with zero attached hydrogens (tertiary/aromatic N) is 1. The molecule has 0 saturated carbocycles. The zero-order chi connectivity index (χ0) is 24.9. The summed E-state index contributed by atoms with van der Waals surface area (Å²) < 4.78 is 49.7. The molecule has 2 aromatic rings. The number of halogens is 3. The van der Waals surface area contributed by atoms with Crippen LogP contribution in [0.5, 0.6) is 11.5 Å². The van der Waals surface area contributed by atoms with Crippen molar-refractivity contribution in [1.29, 1.82) is 0 Å². The Morgan fingerprint density at radius 2 is 1.82 bits per heavy atom. The van der Waals surface area contributed by atoms with Crippen molar-refractivity contribution in [3.05, 3.63) is 59.2 Å². The minimum absolute atomic E-state index is 0.0720. The van der Waals surface area contributed by atoms with Crippen LogP contribution in [0.3, 0.4) is 0 Å². The van der Waals surface area contributed by atoms with E-state index < -0.39 is 11.7 Å². The molecule has 1 amide bonds. The van der Waals surface area contributed by atoms with E-state index in [0.29, 0.717) is 35.9 Å². The lowest BCUT2D eigenvalue weighted by atomic mass is 9.87. The van der Waals surface area contributed by atoms with Gasteiger partial charge in [-0.05, 0) is 54.2 Å². The average molecular weight is 479 g/mol. The lowest BCUT2D eigenvalue weighted by molar-refractivity contribution is -0.137. The number of ether oxygens (including phenoxy) is 2. The summed E-state index contributed by atoms with van der Waals surface area (Å²) in [5.41, 5.74) is 0.833. The molecule has 1 aliphatic heterocycles. The van der Waals surface area contributed by atoms with Gasteiger partial charge in [0, 0.05) is 25.7 Å². The van der Waals surface area contributed by atoms with E-state index >= 15 is 0 Å². The van der Waals surface area contributed by atoms with Crippen molar-refractivity contribution >= 4 is 5.91 Å². The third-order valence-electron chi connectivity index (χ3n) is 6.17. The Kier molecular flexibility index (Phi) is 8.47. The van der Waals surface area contributed by atoms with Gasteiger partial charge in [-0.25, -0.2) is 0 Å².